The van der Waals surface area contributed by atoms with Gasteiger partial charge in [0.05, 0.1) is 11.9 Å². The molecule has 0 unspecified atom stereocenters. The minimum absolute atomic E-state index is 0.267. The van der Waals surface area contributed by atoms with E-state index in [1.54, 1.807) is 31.3 Å². The molecule has 2 N–H and O–H groups in total. The molecular weight excluding hydrogens is 376 g/mol. The standard InChI is InChI=1S/C20H26N4O3S/c1-15-6-8-17(12-18(15)23-28(2,26)27)20(25)22-14-16-7-9-19(21-13-16)24-10-4-3-5-11-24/h6-9,12-13,23H,3-5,10-11,14H2,1-2H3,(H,22,25). The van der Waals surface area contributed by atoms with Crippen molar-refractivity contribution < 1.29 is 13.2 Å². The fourth-order valence-electron chi connectivity index (χ4n) is 3.19. The van der Waals surface area contributed by atoms with Gasteiger partial charge in [0.15, 0.2) is 0 Å². The highest BCUT2D eigenvalue weighted by Gasteiger charge is 2.13. The maximum Gasteiger partial charge on any atom is 0.251 e. The lowest BCUT2D eigenvalue weighted by atomic mass is 10.1. The number of amides is 1. The van der Waals surface area contributed by atoms with Gasteiger partial charge in [0, 0.05) is 31.4 Å². The van der Waals surface area contributed by atoms with Gasteiger partial charge >= 0.3 is 0 Å². The van der Waals surface area contributed by atoms with E-state index in [1.165, 1.54) is 19.3 Å². The number of anilines is 2. The zero-order valence-electron chi connectivity index (χ0n) is 16.2. The minimum atomic E-state index is -3.40. The smallest absolute Gasteiger partial charge is 0.251 e. The van der Waals surface area contributed by atoms with Gasteiger partial charge in [-0.3, -0.25) is 9.52 Å². The number of aryl methyl sites for hydroxylation is 1. The predicted octanol–water partition coefficient (Wildman–Crippen LogP) is 2.68. The monoisotopic (exact) mass is 402 g/mol. The van der Waals surface area contributed by atoms with Gasteiger partial charge in [0.2, 0.25) is 10.0 Å². The number of hydrogen-bond donors (Lipinski definition) is 2. The summed E-state index contributed by atoms with van der Waals surface area (Å²) in [6.07, 6.45) is 6.55. The fourth-order valence-corrected chi connectivity index (χ4v) is 3.81. The summed E-state index contributed by atoms with van der Waals surface area (Å²) in [5.41, 5.74) is 2.47. The van der Waals surface area contributed by atoms with E-state index in [2.05, 4.69) is 19.9 Å². The number of nitrogens with one attached hydrogen (secondary N) is 2. The largest absolute Gasteiger partial charge is 0.357 e. The van der Waals surface area contributed by atoms with E-state index in [1.807, 2.05) is 12.1 Å². The first-order valence-corrected chi connectivity index (χ1v) is 11.3. The Morgan fingerprint density at radius 3 is 2.54 bits per heavy atom. The zero-order chi connectivity index (χ0) is 20.1. The quantitative estimate of drug-likeness (QED) is 0.775. The normalized spacial score (nSPS) is 14.6. The molecule has 28 heavy (non-hydrogen) atoms. The molecule has 0 radical (unpaired) electrons. The van der Waals surface area contributed by atoms with Gasteiger partial charge in [-0.25, -0.2) is 13.4 Å². The Labute approximate surface area is 166 Å². The molecule has 8 heteroatoms. The van der Waals surface area contributed by atoms with Gasteiger partial charge < -0.3 is 10.2 Å². The third-order valence-electron chi connectivity index (χ3n) is 4.74. The molecule has 0 saturated carbocycles. The van der Waals surface area contributed by atoms with Crippen LogP contribution >= 0.6 is 0 Å². The Morgan fingerprint density at radius 1 is 1.14 bits per heavy atom. The molecule has 0 atom stereocenters. The molecule has 1 aliphatic rings. The second kappa shape index (κ2) is 8.60. The maximum absolute atomic E-state index is 12.4. The number of sulfonamides is 1. The summed E-state index contributed by atoms with van der Waals surface area (Å²) >= 11 is 0. The average molecular weight is 403 g/mol. The van der Waals surface area contributed by atoms with E-state index in [4.69, 9.17) is 0 Å². The molecular formula is C20H26N4O3S. The van der Waals surface area contributed by atoms with Crippen LogP contribution in [0.1, 0.15) is 40.7 Å². The average Bonchev–Trinajstić information content (AvgIpc) is 2.68. The number of nitrogens with zero attached hydrogens (tertiary/aromatic N) is 2. The molecule has 2 heterocycles. The van der Waals surface area contributed by atoms with E-state index in [-0.39, 0.29) is 5.91 Å². The van der Waals surface area contributed by atoms with Crippen molar-refractivity contribution in [1.82, 2.24) is 10.3 Å². The second-order valence-electron chi connectivity index (χ2n) is 7.16. The first-order valence-electron chi connectivity index (χ1n) is 9.38. The Kier molecular flexibility index (Phi) is 6.18. The number of pyridine rings is 1. The van der Waals surface area contributed by atoms with E-state index in [0.29, 0.717) is 17.8 Å². The van der Waals surface area contributed by atoms with Crippen LogP contribution in [-0.4, -0.2) is 38.7 Å². The Morgan fingerprint density at radius 2 is 1.89 bits per heavy atom. The van der Waals surface area contributed by atoms with Gasteiger partial charge in [-0.2, -0.15) is 0 Å². The Bertz CT molecular complexity index is 936. The molecule has 1 fully saturated rings. The number of aromatic nitrogens is 1. The third kappa shape index (κ3) is 5.45. The molecule has 1 saturated heterocycles. The van der Waals surface area contributed by atoms with Crippen LogP contribution in [0, 0.1) is 6.92 Å². The number of carbonyl (C=O) groups excluding carboxylic acids is 1. The summed E-state index contributed by atoms with van der Waals surface area (Å²) in [7, 11) is -3.40. The first-order chi connectivity index (χ1) is 13.3. The number of piperidine rings is 1. The van der Waals surface area contributed by atoms with Crippen LogP contribution in [0.15, 0.2) is 36.5 Å². The predicted molar refractivity (Wildman–Crippen MR) is 111 cm³/mol. The van der Waals surface area contributed by atoms with E-state index < -0.39 is 10.0 Å². The molecule has 7 nitrogen and oxygen atoms in total. The molecule has 1 aliphatic heterocycles. The lowest BCUT2D eigenvalue weighted by Crippen LogP contribution is -2.30. The highest BCUT2D eigenvalue weighted by atomic mass is 32.2. The third-order valence-corrected chi connectivity index (χ3v) is 5.33. The SMILES string of the molecule is Cc1ccc(C(=O)NCc2ccc(N3CCCCC3)nc2)cc1NS(C)(=O)=O. The second-order valence-corrected chi connectivity index (χ2v) is 8.91. The molecule has 1 aromatic carbocycles. The van der Waals surface area contributed by atoms with Crippen LogP contribution in [0.4, 0.5) is 11.5 Å². The van der Waals surface area contributed by atoms with Gasteiger partial charge in [0.25, 0.3) is 5.91 Å². The van der Waals surface area contributed by atoms with Gasteiger partial charge in [-0.1, -0.05) is 12.1 Å². The molecule has 0 bridgehead atoms. The van der Waals surface area contributed by atoms with Crippen molar-refractivity contribution in [3.8, 4) is 0 Å². The van der Waals surface area contributed by atoms with Crippen LogP contribution < -0.4 is 14.9 Å². The molecule has 2 aromatic rings. The number of hydrogen-bond acceptors (Lipinski definition) is 5. The molecule has 1 aromatic heterocycles. The highest BCUT2D eigenvalue weighted by molar-refractivity contribution is 7.92. The first kappa shape index (κ1) is 20.1. The molecule has 150 valence electrons. The maximum atomic E-state index is 12.4. The summed E-state index contributed by atoms with van der Waals surface area (Å²) in [5.74, 6) is 0.710. The lowest BCUT2D eigenvalue weighted by Gasteiger charge is -2.27. The van der Waals surface area contributed by atoms with E-state index in [0.717, 1.165) is 36.3 Å². The summed E-state index contributed by atoms with van der Waals surface area (Å²) in [4.78, 5) is 19.2. The van der Waals surface area contributed by atoms with Crippen molar-refractivity contribution in [1.29, 1.82) is 0 Å². The Hall–Kier alpha value is -2.61. The van der Waals surface area contributed by atoms with Crippen molar-refractivity contribution in [3.63, 3.8) is 0 Å². The zero-order valence-corrected chi connectivity index (χ0v) is 17.1. The topological polar surface area (TPSA) is 91.4 Å². The number of carbonyl (C=O) groups is 1. The van der Waals surface area contributed by atoms with Crippen molar-refractivity contribution >= 4 is 27.4 Å². The van der Waals surface area contributed by atoms with Crippen molar-refractivity contribution in [2.45, 2.75) is 32.7 Å². The molecule has 0 spiro atoms. The van der Waals surface area contributed by atoms with Crippen molar-refractivity contribution in [3.05, 3.63) is 53.2 Å². The van der Waals surface area contributed by atoms with Crippen LogP contribution in [0.2, 0.25) is 0 Å². The van der Waals surface area contributed by atoms with E-state index in [9.17, 15) is 13.2 Å². The summed E-state index contributed by atoms with van der Waals surface area (Å²) in [6.45, 7) is 4.22. The number of rotatable bonds is 6. The van der Waals surface area contributed by atoms with Crippen LogP contribution in [-0.2, 0) is 16.6 Å². The Balaban J connectivity index is 1.61. The van der Waals surface area contributed by atoms with Gasteiger partial charge in [0.1, 0.15) is 5.82 Å². The molecule has 3 rings (SSSR count). The summed E-state index contributed by atoms with van der Waals surface area (Å²) in [6, 6.07) is 8.91. The fraction of sp³-hybridized carbons (Fsp3) is 0.400. The number of benzene rings is 1. The molecule has 0 aliphatic carbocycles. The van der Waals surface area contributed by atoms with Gasteiger partial charge in [-0.15, -0.1) is 0 Å². The van der Waals surface area contributed by atoms with Crippen LogP contribution in [0.5, 0.6) is 0 Å². The molecule has 1 amide bonds. The highest BCUT2D eigenvalue weighted by Crippen LogP contribution is 2.19. The van der Waals surface area contributed by atoms with Crippen molar-refractivity contribution in [2.24, 2.45) is 0 Å². The van der Waals surface area contributed by atoms with E-state index >= 15 is 0 Å². The van der Waals surface area contributed by atoms with Crippen molar-refractivity contribution in [2.75, 3.05) is 29.0 Å². The minimum Gasteiger partial charge on any atom is -0.357 e. The van der Waals surface area contributed by atoms with Crippen LogP contribution in [0.3, 0.4) is 0 Å². The lowest BCUT2D eigenvalue weighted by molar-refractivity contribution is 0.0951. The van der Waals surface area contributed by atoms with Gasteiger partial charge in [-0.05, 0) is 55.5 Å². The van der Waals surface area contributed by atoms with Crippen LogP contribution in [0.25, 0.3) is 0 Å². The summed E-state index contributed by atoms with van der Waals surface area (Å²) < 4.78 is 25.4. The summed E-state index contributed by atoms with van der Waals surface area (Å²) in [5, 5.41) is 2.85.